The van der Waals surface area contributed by atoms with E-state index >= 15 is 0 Å². The Morgan fingerprint density at radius 2 is 2.22 bits per heavy atom. The van der Waals surface area contributed by atoms with Gasteiger partial charge < -0.3 is 14.8 Å². The van der Waals surface area contributed by atoms with Crippen LogP contribution in [0, 0.1) is 0 Å². The van der Waals surface area contributed by atoms with Crippen molar-refractivity contribution in [3.05, 3.63) is 26.6 Å². The van der Waals surface area contributed by atoms with E-state index in [2.05, 4.69) is 50.2 Å². The molecule has 1 aromatic carbocycles. The zero-order chi connectivity index (χ0) is 13.1. The highest BCUT2D eigenvalue weighted by Crippen LogP contribution is 2.32. The van der Waals surface area contributed by atoms with Crippen molar-refractivity contribution in [2.45, 2.75) is 32.0 Å². The maximum absolute atomic E-state index is 5.55. The van der Waals surface area contributed by atoms with E-state index in [1.54, 1.807) is 7.11 Å². The first-order valence-electron chi connectivity index (χ1n) is 5.98. The number of methoxy groups -OCH3 is 1. The van der Waals surface area contributed by atoms with Crippen molar-refractivity contribution < 1.29 is 9.47 Å². The molecule has 0 aromatic heterocycles. The maximum atomic E-state index is 5.55. The van der Waals surface area contributed by atoms with Crippen LogP contribution in [0.2, 0.25) is 0 Å². The van der Waals surface area contributed by atoms with E-state index in [4.69, 9.17) is 9.47 Å². The third-order valence-electron chi connectivity index (χ3n) is 3.22. The average molecular weight is 379 g/mol. The second-order valence-electron chi connectivity index (χ2n) is 4.43. The Labute approximate surface area is 124 Å². The summed E-state index contributed by atoms with van der Waals surface area (Å²) in [6.07, 6.45) is 1.35. The minimum Gasteiger partial charge on any atom is -0.495 e. The molecular weight excluding hydrogens is 362 g/mol. The van der Waals surface area contributed by atoms with Gasteiger partial charge in [-0.25, -0.2) is 0 Å². The van der Waals surface area contributed by atoms with Crippen LogP contribution in [-0.4, -0.2) is 25.9 Å². The molecule has 0 bridgehead atoms. The number of hydrogen-bond donors (Lipinski definition) is 1. The lowest BCUT2D eigenvalue weighted by Crippen LogP contribution is -2.34. The molecule has 1 fully saturated rings. The predicted octanol–water partition coefficient (Wildman–Crippen LogP) is 3.49. The molecule has 18 heavy (non-hydrogen) atoms. The molecule has 1 aliphatic rings. The van der Waals surface area contributed by atoms with E-state index < -0.39 is 0 Å². The molecule has 2 atom stereocenters. The molecule has 0 aliphatic carbocycles. The van der Waals surface area contributed by atoms with Gasteiger partial charge in [-0.1, -0.05) is 15.9 Å². The Hall–Kier alpha value is -0.100. The zero-order valence-electron chi connectivity index (χ0n) is 10.5. The van der Waals surface area contributed by atoms with E-state index in [1.807, 2.05) is 6.07 Å². The molecule has 0 saturated carbocycles. The van der Waals surface area contributed by atoms with Gasteiger partial charge in [-0.2, -0.15) is 0 Å². The molecule has 1 N–H and O–H groups in total. The first-order chi connectivity index (χ1) is 8.61. The molecule has 0 radical (unpaired) electrons. The highest BCUT2D eigenvalue weighted by atomic mass is 79.9. The Morgan fingerprint density at radius 1 is 1.44 bits per heavy atom. The highest BCUT2D eigenvalue weighted by molar-refractivity contribution is 9.11. The van der Waals surface area contributed by atoms with E-state index in [-0.39, 0.29) is 6.10 Å². The monoisotopic (exact) mass is 377 g/mol. The van der Waals surface area contributed by atoms with Gasteiger partial charge in [0, 0.05) is 29.2 Å². The van der Waals surface area contributed by atoms with Crippen LogP contribution in [-0.2, 0) is 11.3 Å². The highest BCUT2D eigenvalue weighted by Gasteiger charge is 2.23. The van der Waals surface area contributed by atoms with Crippen LogP contribution in [0.4, 0.5) is 0 Å². The van der Waals surface area contributed by atoms with Gasteiger partial charge in [0.1, 0.15) is 5.75 Å². The fraction of sp³-hybridized carbons (Fsp3) is 0.538. The summed E-state index contributed by atoms with van der Waals surface area (Å²) < 4.78 is 13.0. The molecule has 0 spiro atoms. The number of benzene rings is 1. The Bertz CT molecular complexity index is 426. The van der Waals surface area contributed by atoms with Gasteiger partial charge in [0.15, 0.2) is 0 Å². The lowest BCUT2D eigenvalue weighted by atomic mass is 10.1. The van der Waals surface area contributed by atoms with Gasteiger partial charge in [-0.3, -0.25) is 0 Å². The average Bonchev–Trinajstić information content (AvgIpc) is 2.71. The first-order valence-corrected chi connectivity index (χ1v) is 7.57. The topological polar surface area (TPSA) is 30.5 Å². The molecule has 0 amide bonds. The van der Waals surface area contributed by atoms with Crippen molar-refractivity contribution in [1.29, 1.82) is 0 Å². The van der Waals surface area contributed by atoms with Gasteiger partial charge >= 0.3 is 0 Å². The van der Waals surface area contributed by atoms with E-state index in [1.165, 1.54) is 0 Å². The van der Waals surface area contributed by atoms with Gasteiger partial charge in [0.25, 0.3) is 0 Å². The Kier molecular flexibility index (Phi) is 5.06. The van der Waals surface area contributed by atoms with Gasteiger partial charge in [0.2, 0.25) is 0 Å². The number of nitrogens with one attached hydrogen (secondary N) is 1. The maximum Gasteiger partial charge on any atom is 0.137 e. The molecule has 2 unspecified atom stereocenters. The van der Waals surface area contributed by atoms with Gasteiger partial charge in [0.05, 0.1) is 17.7 Å². The van der Waals surface area contributed by atoms with Crippen molar-refractivity contribution in [2.24, 2.45) is 0 Å². The molecule has 1 saturated heterocycles. The molecule has 100 valence electrons. The lowest BCUT2D eigenvalue weighted by molar-refractivity contribution is 0.113. The molecule has 3 nitrogen and oxygen atoms in total. The molecule has 1 aromatic rings. The summed E-state index contributed by atoms with van der Waals surface area (Å²) >= 11 is 7.02. The summed E-state index contributed by atoms with van der Waals surface area (Å²) in [6, 6.07) is 4.49. The fourth-order valence-electron chi connectivity index (χ4n) is 2.21. The summed E-state index contributed by atoms with van der Waals surface area (Å²) in [7, 11) is 1.69. The number of hydrogen-bond acceptors (Lipinski definition) is 3. The van der Waals surface area contributed by atoms with Crippen molar-refractivity contribution >= 4 is 31.9 Å². The fourth-order valence-corrected chi connectivity index (χ4v) is 3.69. The zero-order valence-corrected chi connectivity index (χ0v) is 13.7. The van der Waals surface area contributed by atoms with Crippen LogP contribution in [0.5, 0.6) is 5.75 Å². The van der Waals surface area contributed by atoms with Crippen LogP contribution in [0.1, 0.15) is 18.9 Å². The van der Waals surface area contributed by atoms with Gasteiger partial charge in [-0.15, -0.1) is 0 Å². The van der Waals surface area contributed by atoms with E-state index in [0.717, 1.165) is 39.8 Å². The number of halogens is 2. The van der Waals surface area contributed by atoms with Crippen molar-refractivity contribution in [2.75, 3.05) is 13.7 Å². The molecular formula is C13H17Br2NO2. The second kappa shape index (κ2) is 6.37. The summed E-state index contributed by atoms with van der Waals surface area (Å²) in [4.78, 5) is 0. The van der Waals surface area contributed by atoms with Crippen molar-refractivity contribution in [3.8, 4) is 5.75 Å². The largest absolute Gasteiger partial charge is 0.495 e. The van der Waals surface area contributed by atoms with E-state index in [0.29, 0.717) is 6.04 Å². The first kappa shape index (κ1) is 14.3. The lowest BCUT2D eigenvalue weighted by Gasteiger charge is -2.18. The van der Waals surface area contributed by atoms with Crippen LogP contribution < -0.4 is 10.1 Å². The molecule has 1 aliphatic heterocycles. The van der Waals surface area contributed by atoms with Crippen LogP contribution in [0.25, 0.3) is 0 Å². The summed E-state index contributed by atoms with van der Waals surface area (Å²) in [6.45, 7) is 3.73. The van der Waals surface area contributed by atoms with Crippen LogP contribution in [0.3, 0.4) is 0 Å². The normalized spacial score (nSPS) is 23.3. The summed E-state index contributed by atoms with van der Waals surface area (Å²) in [5.41, 5.74) is 1.14. The standard InChI is InChI=1S/C13H17Br2NO2/c1-8-12(3-4-18-8)16-7-9-5-10(14)6-11(15)13(9)17-2/h5-6,8,12,16H,3-4,7H2,1-2H3. The quantitative estimate of drug-likeness (QED) is 0.869. The minimum atomic E-state index is 0.284. The smallest absolute Gasteiger partial charge is 0.137 e. The van der Waals surface area contributed by atoms with Crippen molar-refractivity contribution in [1.82, 2.24) is 5.32 Å². The van der Waals surface area contributed by atoms with Crippen LogP contribution >= 0.6 is 31.9 Å². The summed E-state index contributed by atoms with van der Waals surface area (Å²) in [5.74, 6) is 0.886. The van der Waals surface area contributed by atoms with Crippen molar-refractivity contribution in [3.63, 3.8) is 0 Å². The molecule has 1 heterocycles. The second-order valence-corrected chi connectivity index (χ2v) is 6.20. The summed E-state index contributed by atoms with van der Waals surface area (Å²) in [5, 5.41) is 3.53. The SMILES string of the molecule is COc1c(Br)cc(Br)cc1CNC1CCOC1C. The third-order valence-corrected chi connectivity index (χ3v) is 4.27. The number of rotatable bonds is 4. The van der Waals surface area contributed by atoms with Gasteiger partial charge in [-0.05, 0) is 41.4 Å². The van der Waals surface area contributed by atoms with Crippen LogP contribution in [0.15, 0.2) is 21.1 Å². The third kappa shape index (κ3) is 3.26. The minimum absolute atomic E-state index is 0.284. The number of ether oxygens (including phenoxy) is 2. The molecule has 2 rings (SSSR count). The predicted molar refractivity (Wildman–Crippen MR) is 79.1 cm³/mol. The Balaban J connectivity index is 2.08. The van der Waals surface area contributed by atoms with E-state index in [9.17, 15) is 0 Å². The molecule has 5 heteroatoms. The Morgan fingerprint density at radius 3 is 2.83 bits per heavy atom.